The van der Waals surface area contributed by atoms with E-state index in [0.717, 1.165) is 4.57 Å². The van der Waals surface area contributed by atoms with Crippen LogP contribution in [0.5, 0.6) is 11.5 Å². The molecule has 0 saturated carbocycles. The van der Waals surface area contributed by atoms with Gasteiger partial charge in [0.25, 0.3) is 5.56 Å². The number of hydrogen-bond donors (Lipinski definition) is 1. The van der Waals surface area contributed by atoms with Crippen LogP contribution < -0.4 is 26.0 Å². The maximum Gasteiger partial charge on any atom is 0.336 e. The minimum absolute atomic E-state index is 0.265. The van der Waals surface area contributed by atoms with Crippen molar-refractivity contribution in [3.05, 3.63) is 93.4 Å². The highest BCUT2D eigenvalue weighted by Gasteiger charge is 2.18. The van der Waals surface area contributed by atoms with Crippen molar-refractivity contribution in [2.24, 2.45) is 0 Å². The van der Waals surface area contributed by atoms with E-state index in [-0.39, 0.29) is 17.6 Å². The van der Waals surface area contributed by atoms with Gasteiger partial charge in [-0.05, 0) is 48.5 Å². The van der Waals surface area contributed by atoms with Gasteiger partial charge in [0.05, 0.1) is 30.8 Å². The van der Waals surface area contributed by atoms with E-state index >= 15 is 0 Å². The van der Waals surface area contributed by atoms with E-state index in [1.165, 1.54) is 49.1 Å². The van der Waals surface area contributed by atoms with E-state index in [0.29, 0.717) is 22.7 Å². The highest BCUT2D eigenvalue weighted by atomic mass is 19.1. The second kappa shape index (κ2) is 8.99. The fourth-order valence-corrected chi connectivity index (χ4v) is 3.54. The fraction of sp³-hybridized carbons (Fsp3) is 0.125. The number of carbonyl (C=O) groups excluding carboxylic acids is 1. The molecule has 0 aliphatic heterocycles. The fourth-order valence-electron chi connectivity index (χ4n) is 3.54. The molecule has 0 spiro atoms. The molecule has 0 bridgehead atoms. The van der Waals surface area contributed by atoms with Crippen LogP contribution in [-0.4, -0.2) is 29.3 Å². The van der Waals surface area contributed by atoms with Crippen molar-refractivity contribution in [2.75, 3.05) is 19.5 Å². The third-order valence-corrected chi connectivity index (χ3v) is 5.11. The van der Waals surface area contributed by atoms with Gasteiger partial charge >= 0.3 is 5.69 Å². The first kappa shape index (κ1) is 21.8. The van der Waals surface area contributed by atoms with Gasteiger partial charge in [0.15, 0.2) is 11.5 Å². The van der Waals surface area contributed by atoms with Crippen LogP contribution in [0.3, 0.4) is 0 Å². The summed E-state index contributed by atoms with van der Waals surface area (Å²) < 4.78 is 25.9. The van der Waals surface area contributed by atoms with E-state index in [2.05, 4.69) is 5.32 Å². The minimum atomic E-state index is -0.694. The minimum Gasteiger partial charge on any atom is -0.493 e. The molecule has 33 heavy (non-hydrogen) atoms. The zero-order valence-electron chi connectivity index (χ0n) is 17.9. The number of ether oxygens (including phenoxy) is 2. The lowest BCUT2D eigenvalue weighted by atomic mass is 10.2. The Balaban J connectivity index is 1.83. The summed E-state index contributed by atoms with van der Waals surface area (Å²) in [6, 6.07) is 16.5. The van der Waals surface area contributed by atoms with Crippen molar-refractivity contribution in [3.8, 4) is 17.2 Å². The lowest BCUT2D eigenvalue weighted by molar-refractivity contribution is -0.116. The second-order valence-electron chi connectivity index (χ2n) is 7.12. The van der Waals surface area contributed by atoms with Crippen molar-refractivity contribution in [1.29, 1.82) is 0 Å². The van der Waals surface area contributed by atoms with Gasteiger partial charge in [-0.1, -0.05) is 12.1 Å². The van der Waals surface area contributed by atoms with Gasteiger partial charge in [0.1, 0.15) is 12.4 Å². The third-order valence-electron chi connectivity index (χ3n) is 5.11. The molecule has 0 saturated heterocycles. The Morgan fingerprint density at radius 3 is 2.33 bits per heavy atom. The van der Waals surface area contributed by atoms with E-state index < -0.39 is 23.0 Å². The number of amides is 1. The van der Waals surface area contributed by atoms with Crippen LogP contribution in [0, 0.1) is 5.82 Å². The number of methoxy groups -OCH3 is 2. The molecule has 3 aromatic carbocycles. The van der Waals surface area contributed by atoms with Gasteiger partial charge in [-0.25, -0.2) is 13.8 Å². The largest absolute Gasteiger partial charge is 0.493 e. The standard InChI is InChI=1S/C24H20FN3O5/c1-32-20-12-11-17(13-21(20)33-2)28-23(30)18-5-3-4-6-19(18)27(24(28)31)14-22(29)26-16-9-7-15(25)8-10-16/h3-13H,14H2,1-2H3,(H,26,29). The van der Waals surface area contributed by atoms with Gasteiger partial charge in [-0.3, -0.25) is 14.2 Å². The number of fused-ring (bicyclic) bond motifs is 1. The zero-order valence-corrected chi connectivity index (χ0v) is 17.9. The molecule has 0 fully saturated rings. The van der Waals surface area contributed by atoms with Crippen LogP contribution >= 0.6 is 0 Å². The van der Waals surface area contributed by atoms with Gasteiger partial charge in [-0.15, -0.1) is 0 Å². The van der Waals surface area contributed by atoms with Gasteiger partial charge in [0.2, 0.25) is 5.91 Å². The van der Waals surface area contributed by atoms with E-state index in [1.807, 2.05) is 0 Å². The van der Waals surface area contributed by atoms with Crippen LogP contribution in [0.4, 0.5) is 10.1 Å². The molecular formula is C24H20FN3O5. The average Bonchev–Trinajstić information content (AvgIpc) is 2.83. The Morgan fingerprint density at radius 2 is 1.64 bits per heavy atom. The first-order valence-electron chi connectivity index (χ1n) is 9.95. The van der Waals surface area contributed by atoms with E-state index in [4.69, 9.17) is 9.47 Å². The molecule has 1 amide bonds. The van der Waals surface area contributed by atoms with Crippen LogP contribution in [0.25, 0.3) is 16.6 Å². The quantitative estimate of drug-likeness (QED) is 0.489. The summed E-state index contributed by atoms with van der Waals surface area (Å²) >= 11 is 0. The van der Waals surface area contributed by atoms with Gasteiger partial charge in [0, 0.05) is 11.8 Å². The summed E-state index contributed by atoms with van der Waals surface area (Å²) in [6.45, 7) is -0.357. The topological polar surface area (TPSA) is 91.6 Å². The average molecular weight is 449 g/mol. The van der Waals surface area contributed by atoms with Crippen LogP contribution in [-0.2, 0) is 11.3 Å². The van der Waals surface area contributed by atoms with Gasteiger partial charge in [-0.2, -0.15) is 0 Å². The molecule has 9 heteroatoms. The predicted molar refractivity (Wildman–Crippen MR) is 122 cm³/mol. The first-order valence-corrected chi connectivity index (χ1v) is 9.95. The number of aromatic nitrogens is 2. The monoisotopic (exact) mass is 449 g/mol. The second-order valence-corrected chi connectivity index (χ2v) is 7.12. The van der Waals surface area contributed by atoms with Crippen LogP contribution in [0.1, 0.15) is 0 Å². The Kier molecular flexibility index (Phi) is 5.95. The van der Waals surface area contributed by atoms with Crippen molar-refractivity contribution < 1.29 is 18.7 Å². The van der Waals surface area contributed by atoms with Crippen molar-refractivity contribution in [1.82, 2.24) is 9.13 Å². The summed E-state index contributed by atoms with van der Waals surface area (Å²) in [4.78, 5) is 39.3. The normalized spacial score (nSPS) is 10.8. The van der Waals surface area contributed by atoms with Crippen LogP contribution in [0.15, 0.2) is 76.3 Å². The maximum atomic E-state index is 13.4. The zero-order chi connectivity index (χ0) is 23.5. The summed E-state index contributed by atoms with van der Waals surface area (Å²) in [6.07, 6.45) is 0. The van der Waals surface area contributed by atoms with E-state index in [1.54, 1.807) is 36.4 Å². The number of halogens is 1. The highest BCUT2D eigenvalue weighted by Crippen LogP contribution is 2.28. The smallest absolute Gasteiger partial charge is 0.336 e. The molecule has 168 valence electrons. The molecule has 1 aromatic heterocycles. The van der Waals surface area contributed by atoms with Crippen molar-refractivity contribution in [2.45, 2.75) is 6.54 Å². The molecule has 0 aliphatic rings. The lowest BCUT2D eigenvalue weighted by Crippen LogP contribution is -2.40. The van der Waals surface area contributed by atoms with Crippen LogP contribution in [0.2, 0.25) is 0 Å². The lowest BCUT2D eigenvalue weighted by Gasteiger charge is -2.15. The molecule has 0 radical (unpaired) electrons. The third kappa shape index (κ3) is 4.20. The molecule has 0 atom stereocenters. The Morgan fingerprint density at radius 1 is 0.939 bits per heavy atom. The van der Waals surface area contributed by atoms with E-state index in [9.17, 15) is 18.8 Å². The number of anilines is 1. The first-order chi connectivity index (χ1) is 15.9. The number of rotatable bonds is 6. The number of para-hydroxylation sites is 1. The summed E-state index contributed by atoms with van der Waals surface area (Å²) in [5, 5.41) is 2.89. The SMILES string of the molecule is COc1ccc(-n2c(=O)c3ccccc3n(CC(=O)Nc3ccc(F)cc3)c2=O)cc1OC. The summed E-state index contributed by atoms with van der Waals surface area (Å²) in [7, 11) is 2.93. The number of nitrogens with zero attached hydrogens (tertiary/aromatic N) is 2. The molecule has 1 heterocycles. The Bertz CT molecular complexity index is 1460. The molecule has 4 aromatic rings. The Hall–Kier alpha value is -4.40. The van der Waals surface area contributed by atoms with Crippen molar-refractivity contribution in [3.63, 3.8) is 0 Å². The number of nitrogens with one attached hydrogen (secondary N) is 1. The molecule has 0 unspecified atom stereocenters. The summed E-state index contributed by atoms with van der Waals surface area (Å²) in [5.74, 6) is -0.160. The molecular weight excluding hydrogens is 429 g/mol. The molecule has 8 nitrogen and oxygen atoms in total. The van der Waals surface area contributed by atoms with Crippen molar-refractivity contribution >= 4 is 22.5 Å². The maximum absolute atomic E-state index is 13.4. The number of carbonyl (C=O) groups is 1. The van der Waals surface area contributed by atoms with Gasteiger partial charge < -0.3 is 14.8 Å². The number of hydrogen-bond acceptors (Lipinski definition) is 5. The molecule has 0 aliphatic carbocycles. The predicted octanol–water partition coefficient (Wildman–Crippen LogP) is 2.95. The molecule has 4 rings (SSSR count). The summed E-state index contributed by atoms with van der Waals surface area (Å²) in [5.41, 5.74) is -0.260. The Labute approximate surface area is 187 Å². The number of benzene rings is 3. The highest BCUT2D eigenvalue weighted by molar-refractivity contribution is 5.91. The molecule has 1 N–H and O–H groups in total.